The second-order valence-corrected chi connectivity index (χ2v) is 9.76. The van der Waals surface area contributed by atoms with Gasteiger partial charge in [0.25, 0.3) is 0 Å². The smallest absolute Gasteiger partial charge is 0.233 e. The number of aromatic nitrogens is 4. The van der Waals surface area contributed by atoms with Crippen molar-refractivity contribution in [2.24, 2.45) is 0 Å². The molecule has 0 saturated carbocycles. The first-order chi connectivity index (χ1) is 15.8. The van der Waals surface area contributed by atoms with Gasteiger partial charge >= 0.3 is 0 Å². The summed E-state index contributed by atoms with van der Waals surface area (Å²) >= 11 is 3.08. The predicted molar refractivity (Wildman–Crippen MR) is 128 cm³/mol. The summed E-state index contributed by atoms with van der Waals surface area (Å²) in [5.74, 6) is 0.499. The number of rotatable bonds is 7. The van der Waals surface area contributed by atoms with Crippen LogP contribution in [0.4, 0.5) is 0 Å². The molecule has 7 nitrogen and oxygen atoms in total. The molecule has 2 aromatic heterocycles. The number of nitrogens with zero attached hydrogens (tertiary/aromatic N) is 6. The van der Waals surface area contributed by atoms with E-state index < -0.39 is 0 Å². The molecule has 1 fully saturated rings. The van der Waals surface area contributed by atoms with E-state index >= 15 is 0 Å². The highest BCUT2D eigenvalue weighted by molar-refractivity contribution is 7.99. The lowest BCUT2D eigenvalue weighted by Crippen LogP contribution is -2.48. The third kappa shape index (κ3) is 4.85. The van der Waals surface area contributed by atoms with Crippen LogP contribution in [0.2, 0.25) is 0 Å². The minimum Gasteiger partial charge on any atom is -0.339 e. The highest BCUT2D eigenvalue weighted by atomic mass is 32.2. The monoisotopic (exact) mass is 464 g/mol. The van der Waals surface area contributed by atoms with Crippen LogP contribution in [-0.2, 0) is 17.9 Å². The summed E-state index contributed by atoms with van der Waals surface area (Å²) in [7, 11) is 0. The van der Waals surface area contributed by atoms with E-state index in [0.29, 0.717) is 17.5 Å². The summed E-state index contributed by atoms with van der Waals surface area (Å²) in [6.07, 6.45) is 0. The molecule has 5 rings (SSSR count). The van der Waals surface area contributed by atoms with Gasteiger partial charge in [0.1, 0.15) is 0 Å². The molecule has 0 radical (unpaired) electrons. The van der Waals surface area contributed by atoms with Gasteiger partial charge in [-0.1, -0.05) is 60.3 Å². The van der Waals surface area contributed by atoms with E-state index in [2.05, 4.69) is 69.0 Å². The van der Waals surface area contributed by atoms with Gasteiger partial charge in [0, 0.05) is 37.6 Å². The Morgan fingerprint density at radius 2 is 1.81 bits per heavy atom. The van der Waals surface area contributed by atoms with Gasteiger partial charge in [0.05, 0.1) is 12.3 Å². The Bertz CT molecular complexity index is 1180. The van der Waals surface area contributed by atoms with Gasteiger partial charge in [-0.2, -0.15) is 0 Å². The Kier molecular flexibility index (Phi) is 6.47. The summed E-state index contributed by atoms with van der Waals surface area (Å²) in [5.41, 5.74) is 1.34. The van der Waals surface area contributed by atoms with Gasteiger partial charge in [-0.15, -0.1) is 16.4 Å². The standard InChI is InChI=1S/C23H24N6OS2/c30-22(17-32-23-24-25-26-29(23)16-20-8-4-14-31-20)28-12-10-27(11-13-28)15-19-7-3-6-18-5-1-2-9-21(18)19/h1-9,14H,10-13,15-17H2. The third-order valence-corrected chi connectivity index (χ3v) is 7.51. The van der Waals surface area contributed by atoms with Crippen molar-refractivity contribution in [1.29, 1.82) is 0 Å². The maximum atomic E-state index is 12.8. The molecule has 0 spiro atoms. The third-order valence-electron chi connectivity index (χ3n) is 5.71. The molecule has 1 amide bonds. The highest BCUT2D eigenvalue weighted by Gasteiger charge is 2.22. The van der Waals surface area contributed by atoms with Crippen molar-refractivity contribution in [2.45, 2.75) is 18.2 Å². The maximum Gasteiger partial charge on any atom is 0.233 e. The zero-order valence-electron chi connectivity index (χ0n) is 17.6. The fourth-order valence-electron chi connectivity index (χ4n) is 3.99. The average molecular weight is 465 g/mol. The molecular weight excluding hydrogens is 440 g/mol. The van der Waals surface area contributed by atoms with Crippen molar-refractivity contribution in [1.82, 2.24) is 30.0 Å². The largest absolute Gasteiger partial charge is 0.339 e. The molecule has 0 atom stereocenters. The van der Waals surface area contributed by atoms with Gasteiger partial charge in [0.2, 0.25) is 11.1 Å². The number of hydrogen-bond donors (Lipinski definition) is 0. The second kappa shape index (κ2) is 9.81. The van der Waals surface area contributed by atoms with Crippen LogP contribution < -0.4 is 0 Å². The topological polar surface area (TPSA) is 67.2 Å². The van der Waals surface area contributed by atoms with Crippen molar-refractivity contribution in [3.63, 3.8) is 0 Å². The van der Waals surface area contributed by atoms with E-state index in [-0.39, 0.29) is 5.91 Å². The second-order valence-electron chi connectivity index (χ2n) is 7.78. The lowest BCUT2D eigenvalue weighted by molar-refractivity contribution is -0.130. The Morgan fingerprint density at radius 3 is 2.66 bits per heavy atom. The normalized spacial score (nSPS) is 14.8. The fourth-order valence-corrected chi connectivity index (χ4v) is 5.46. The number of amides is 1. The molecular formula is C23H24N6OS2. The van der Waals surface area contributed by atoms with Crippen molar-refractivity contribution < 1.29 is 4.79 Å². The van der Waals surface area contributed by atoms with Crippen LogP contribution in [0.25, 0.3) is 10.8 Å². The Labute approximate surface area is 195 Å². The number of fused-ring (bicyclic) bond motifs is 1. The van der Waals surface area contributed by atoms with Crippen LogP contribution in [0.3, 0.4) is 0 Å². The van der Waals surface area contributed by atoms with Crippen LogP contribution in [0.5, 0.6) is 0 Å². The lowest BCUT2D eigenvalue weighted by atomic mass is 10.0. The number of hydrogen-bond acceptors (Lipinski definition) is 7. The molecule has 32 heavy (non-hydrogen) atoms. The quantitative estimate of drug-likeness (QED) is 0.391. The summed E-state index contributed by atoms with van der Waals surface area (Å²) < 4.78 is 1.76. The molecule has 0 N–H and O–H groups in total. The zero-order valence-corrected chi connectivity index (χ0v) is 19.3. The number of carbonyl (C=O) groups is 1. The SMILES string of the molecule is O=C(CSc1nnnn1Cc1cccs1)N1CCN(Cc2cccc3ccccc23)CC1. The van der Waals surface area contributed by atoms with Crippen molar-refractivity contribution in [3.8, 4) is 0 Å². The summed E-state index contributed by atoms with van der Waals surface area (Å²) in [5, 5.41) is 17.2. The Morgan fingerprint density at radius 1 is 0.969 bits per heavy atom. The summed E-state index contributed by atoms with van der Waals surface area (Å²) in [6, 6.07) is 19.1. The first kappa shape index (κ1) is 21.1. The Hall–Kier alpha value is -2.75. The van der Waals surface area contributed by atoms with E-state index in [1.54, 1.807) is 16.0 Å². The molecule has 164 valence electrons. The molecule has 4 aromatic rings. The van der Waals surface area contributed by atoms with Crippen LogP contribution in [-0.4, -0.2) is 67.8 Å². The molecule has 1 aliphatic rings. The number of thioether (sulfide) groups is 1. The summed E-state index contributed by atoms with van der Waals surface area (Å²) in [6.45, 7) is 4.82. The van der Waals surface area contributed by atoms with E-state index in [1.165, 1.54) is 33.0 Å². The lowest BCUT2D eigenvalue weighted by Gasteiger charge is -2.35. The van der Waals surface area contributed by atoms with Crippen LogP contribution in [0.1, 0.15) is 10.4 Å². The number of tetrazole rings is 1. The minimum absolute atomic E-state index is 0.144. The zero-order chi connectivity index (χ0) is 21.8. The van der Waals surface area contributed by atoms with Crippen molar-refractivity contribution in [2.75, 3.05) is 31.9 Å². The number of piperazine rings is 1. The molecule has 3 heterocycles. The van der Waals surface area contributed by atoms with Gasteiger partial charge in [-0.25, -0.2) is 4.68 Å². The van der Waals surface area contributed by atoms with E-state index in [9.17, 15) is 4.79 Å². The van der Waals surface area contributed by atoms with Crippen LogP contribution >= 0.6 is 23.1 Å². The Balaban J connectivity index is 1.12. The van der Waals surface area contributed by atoms with Gasteiger partial charge in [0.15, 0.2) is 0 Å². The molecule has 1 aliphatic heterocycles. The first-order valence-corrected chi connectivity index (χ1v) is 12.5. The molecule has 2 aromatic carbocycles. The first-order valence-electron chi connectivity index (χ1n) is 10.6. The van der Waals surface area contributed by atoms with Crippen molar-refractivity contribution >= 4 is 39.8 Å². The minimum atomic E-state index is 0.144. The van der Waals surface area contributed by atoms with E-state index in [1.807, 2.05) is 16.3 Å². The molecule has 0 bridgehead atoms. The van der Waals surface area contributed by atoms with E-state index in [0.717, 1.165) is 32.7 Å². The van der Waals surface area contributed by atoms with E-state index in [4.69, 9.17) is 0 Å². The van der Waals surface area contributed by atoms with Gasteiger partial charge < -0.3 is 4.90 Å². The predicted octanol–water partition coefficient (Wildman–Crippen LogP) is 3.37. The number of benzene rings is 2. The average Bonchev–Trinajstić information content (AvgIpc) is 3.51. The highest BCUT2D eigenvalue weighted by Crippen LogP contribution is 2.21. The molecule has 1 saturated heterocycles. The van der Waals surface area contributed by atoms with Gasteiger partial charge in [-0.05, 0) is 38.2 Å². The maximum absolute atomic E-state index is 12.8. The number of carbonyl (C=O) groups excluding carboxylic acids is 1. The number of thiophene rings is 1. The van der Waals surface area contributed by atoms with Crippen LogP contribution in [0, 0.1) is 0 Å². The molecule has 0 aliphatic carbocycles. The van der Waals surface area contributed by atoms with Crippen LogP contribution in [0.15, 0.2) is 65.1 Å². The fraction of sp³-hybridized carbons (Fsp3) is 0.304. The summed E-state index contributed by atoms with van der Waals surface area (Å²) in [4.78, 5) is 18.3. The van der Waals surface area contributed by atoms with Crippen molar-refractivity contribution in [3.05, 3.63) is 70.4 Å². The van der Waals surface area contributed by atoms with Gasteiger partial charge in [-0.3, -0.25) is 9.69 Å². The molecule has 9 heteroatoms. The molecule has 0 unspecified atom stereocenters.